The van der Waals surface area contributed by atoms with Gasteiger partial charge in [0.05, 0.1) is 9.79 Å². The second kappa shape index (κ2) is 8.00. The molecule has 0 radical (unpaired) electrons. The van der Waals surface area contributed by atoms with Crippen LogP contribution in [0.25, 0.3) is 0 Å². The number of primary sulfonamides is 1. The molecule has 1 aliphatic heterocycles. The Morgan fingerprint density at radius 2 is 1.64 bits per heavy atom. The third kappa shape index (κ3) is 4.41. The van der Waals surface area contributed by atoms with Crippen LogP contribution >= 0.6 is 0 Å². The van der Waals surface area contributed by atoms with Crippen molar-refractivity contribution in [3.05, 3.63) is 60.2 Å². The lowest BCUT2D eigenvalue weighted by molar-refractivity contribution is -0.127. The first-order chi connectivity index (χ1) is 13.2. The number of nitrogens with two attached hydrogens (primary N) is 1. The summed E-state index contributed by atoms with van der Waals surface area (Å²) in [6.45, 7) is 0.619. The van der Waals surface area contributed by atoms with Crippen molar-refractivity contribution in [3.8, 4) is 0 Å². The van der Waals surface area contributed by atoms with E-state index in [-0.39, 0.29) is 15.7 Å². The summed E-state index contributed by atoms with van der Waals surface area (Å²) in [7, 11) is -7.42. The maximum Gasteiger partial charge on any atom is 0.243 e. The highest BCUT2D eigenvalue weighted by atomic mass is 32.2. The van der Waals surface area contributed by atoms with Gasteiger partial charge in [-0.15, -0.1) is 0 Å². The molecule has 0 saturated carbocycles. The van der Waals surface area contributed by atoms with Gasteiger partial charge in [0.2, 0.25) is 26.0 Å². The van der Waals surface area contributed by atoms with Crippen molar-refractivity contribution in [1.82, 2.24) is 9.62 Å². The van der Waals surface area contributed by atoms with Crippen molar-refractivity contribution in [3.63, 3.8) is 0 Å². The van der Waals surface area contributed by atoms with E-state index < -0.39 is 26.1 Å². The Morgan fingerprint density at radius 1 is 1.00 bits per heavy atom. The minimum absolute atomic E-state index is 0.0245. The van der Waals surface area contributed by atoms with E-state index in [2.05, 4.69) is 5.32 Å². The Labute approximate surface area is 164 Å². The molecule has 1 saturated heterocycles. The van der Waals surface area contributed by atoms with E-state index >= 15 is 0 Å². The molecule has 2 aromatic rings. The summed E-state index contributed by atoms with van der Waals surface area (Å²) < 4.78 is 48.9. The van der Waals surface area contributed by atoms with Gasteiger partial charge in [0.1, 0.15) is 6.04 Å². The molecule has 10 heteroatoms. The Balaban J connectivity index is 1.55. The number of nitrogens with zero attached hydrogens (tertiary/aromatic N) is 1. The minimum atomic E-state index is -3.74. The monoisotopic (exact) mass is 423 g/mol. The second-order valence-corrected chi connectivity index (χ2v) is 9.92. The summed E-state index contributed by atoms with van der Waals surface area (Å²) in [5, 5.41) is 7.80. The van der Waals surface area contributed by atoms with Gasteiger partial charge in [0.25, 0.3) is 0 Å². The van der Waals surface area contributed by atoms with Crippen LogP contribution in [0.3, 0.4) is 0 Å². The van der Waals surface area contributed by atoms with Gasteiger partial charge in [0.15, 0.2) is 0 Å². The molecule has 1 fully saturated rings. The van der Waals surface area contributed by atoms with E-state index in [1.807, 2.05) is 0 Å². The third-order valence-corrected chi connectivity index (χ3v) is 7.44. The predicted molar refractivity (Wildman–Crippen MR) is 103 cm³/mol. The molecule has 8 nitrogen and oxygen atoms in total. The summed E-state index contributed by atoms with van der Waals surface area (Å²) in [6.07, 6.45) is 0.954. The number of nitrogens with one attached hydrogen (secondary N) is 1. The van der Waals surface area contributed by atoms with Crippen LogP contribution in [0, 0.1) is 0 Å². The van der Waals surface area contributed by atoms with Crippen LogP contribution in [0.5, 0.6) is 0 Å². The van der Waals surface area contributed by atoms with Crippen LogP contribution in [0.15, 0.2) is 64.4 Å². The molecular weight excluding hydrogens is 402 g/mol. The average molecular weight is 424 g/mol. The summed E-state index contributed by atoms with van der Waals surface area (Å²) >= 11 is 0. The number of hydrogen-bond donors (Lipinski definition) is 2. The summed E-state index contributed by atoms with van der Waals surface area (Å²) in [5.41, 5.74) is 0.829. The first-order valence-electron chi connectivity index (χ1n) is 8.66. The Kier molecular flexibility index (Phi) is 5.84. The van der Waals surface area contributed by atoms with Crippen LogP contribution in [-0.4, -0.2) is 46.2 Å². The highest BCUT2D eigenvalue weighted by Crippen LogP contribution is 2.26. The van der Waals surface area contributed by atoms with E-state index in [1.54, 1.807) is 30.3 Å². The van der Waals surface area contributed by atoms with Crippen molar-refractivity contribution >= 4 is 26.0 Å². The summed E-state index contributed by atoms with van der Waals surface area (Å²) in [5.74, 6) is -0.341. The lowest BCUT2D eigenvalue weighted by atomic mass is 10.1. The zero-order valence-corrected chi connectivity index (χ0v) is 16.6. The fourth-order valence-corrected chi connectivity index (χ4v) is 5.10. The smallest absolute Gasteiger partial charge is 0.243 e. The SMILES string of the molecule is NS(=O)(=O)c1ccc(CCNC(=O)[C@@H]2CCN2S(=O)(=O)c2ccccc2)cc1. The van der Waals surface area contributed by atoms with Crippen molar-refractivity contribution in [2.45, 2.75) is 28.7 Å². The van der Waals surface area contributed by atoms with E-state index in [0.717, 1.165) is 5.56 Å². The van der Waals surface area contributed by atoms with Gasteiger partial charge in [-0.25, -0.2) is 22.0 Å². The van der Waals surface area contributed by atoms with Crippen molar-refractivity contribution in [1.29, 1.82) is 0 Å². The lowest BCUT2D eigenvalue weighted by Crippen LogP contribution is -2.58. The van der Waals surface area contributed by atoms with Crippen molar-refractivity contribution in [2.24, 2.45) is 5.14 Å². The highest BCUT2D eigenvalue weighted by molar-refractivity contribution is 7.89. The maximum atomic E-state index is 12.6. The topological polar surface area (TPSA) is 127 Å². The minimum Gasteiger partial charge on any atom is -0.354 e. The Hall–Kier alpha value is -2.27. The molecule has 28 heavy (non-hydrogen) atoms. The van der Waals surface area contributed by atoms with E-state index in [9.17, 15) is 21.6 Å². The van der Waals surface area contributed by atoms with Crippen LogP contribution in [-0.2, 0) is 31.3 Å². The highest BCUT2D eigenvalue weighted by Gasteiger charge is 2.42. The zero-order valence-electron chi connectivity index (χ0n) is 15.0. The Bertz CT molecular complexity index is 1050. The molecule has 0 bridgehead atoms. The number of benzene rings is 2. The standard InChI is InChI=1S/C18H21N3O5S2/c19-27(23,24)15-8-6-14(7-9-15)10-12-20-18(22)17-11-13-21(17)28(25,26)16-4-2-1-3-5-16/h1-9,17H,10-13H2,(H,20,22)(H2,19,23,24)/t17-/m0/s1. The predicted octanol–water partition coefficient (Wildman–Crippen LogP) is 0.456. The molecule has 3 rings (SSSR count). The molecule has 3 N–H and O–H groups in total. The first-order valence-corrected chi connectivity index (χ1v) is 11.6. The molecule has 1 heterocycles. The van der Waals surface area contributed by atoms with E-state index in [4.69, 9.17) is 5.14 Å². The van der Waals surface area contributed by atoms with Gasteiger partial charge in [-0.2, -0.15) is 4.31 Å². The van der Waals surface area contributed by atoms with Gasteiger partial charge >= 0.3 is 0 Å². The van der Waals surface area contributed by atoms with Gasteiger partial charge in [-0.1, -0.05) is 30.3 Å². The number of hydrogen-bond acceptors (Lipinski definition) is 5. The number of sulfonamides is 2. The van der Waals surface area contributed by atoms with Gasteiger partial charge < -0.3 is 5.32 Å². The molecule has 1 aliphatic rings. The molecule has 0 unspecified atom stereocenters. The molecule has 0 aromatic heterocycles. The summed E-state index contributed by atoms with van der Waals surface area (Å²) in [4.78, 5) is 12.6. The van der Waals surface area contributed by atoms with E-state index in [1.165, 1.54) is 28.6 Å². The van der Waals surface area contributed by atoms with Gasteiger partial charge in [0, 0.05) is 13.1 Å². The fourth-order valence-electron chi connectivity index (χ4n) is 2.93. The zero-order chi connectivity index (χ0) is 20.4. The Morgan fingerprint density at radius 3 is 2.18 bits per heavy atom. The quantitative estimate of drug-likeness (QED) is 0.669. The first kappa shape index (κ1) is 20.5. The van der Waals surface area contributed by atoms with Crippen molar-refractivity contribution in [2.75, 3.05) is 13.1 Å². The molecule has 1 atom stereocenters. The normalized spacial score (nSPS) is 17.7. The summed E-state index contributed by atoms with van der Waals surface area (Å²) in [6, 6.07) is 13.4. The van der Waals surface area contributed by atoms with Crippen LogP contribution < -0.4 is 10.5 Å². The molecular formula is C18H21N3O5S2. The molecule has 0 aliphatic carbocycles. The maximum absolute atomic E-state index is 12.6. The number of amides is 1. The van der Waals surface area contributed by atoms with Crippen LogP contribution in [0.2, 0.25) is 0 Å². The number of rotatable bonds is 7. The number of carbonyl (C=O) groups excluding carboxylic acids is 1. The van der Waals surface area contributed by atoms with Gasteiger partial charge in [-0.3, -0.25) is 4.79 Å². The fraction of sp³-hybridized carbons (Fsp3) is 0.278. The van der Waals surface area contributed by atoms with E-state index in [0.29, 0.717) is 25.9 Å². The largest absolute Gasteiger partial charge is 0.354 e. The molecule has 150 valence electrons. The van der Waals surface area contributed by atoms with Gasteiger partial charge in [-0.05, 0) is 42.7 Å². The molecule has 2 aromatic carbocycles. The average Bonchev–Trinajstić information content (AvgIpc) is 2.61. The van der Waals surface area contributed by atoms with Crippen LogP contribution in [0.4, 0.5) is 0 Å². The number of carbonyl (C=O) groups is 1. The molecule has 0 spiro atoms. The molecule has 1 amide bonds. The second-order valence-electron chi connectivity index (χ2n) is 6.46. The lowest BCUT2D eigenvalue weighted by Gasteiger charge is -2.38. The van der Waals surface area contributed by atoms with Crippen molar-refractivity contribution < 1.29 is 21.6 Å². The van der Waals surface area contributed by atoms with Crippen LogP contribution in [0.1, 0.15) is 12.0 Å². The third-order valence-electron chi connectivity index (χ3n) is 4.59.